The molecule has 2 aromatic carbocycles. The molecular weight excluding hydrogens is 227 g/mol. The van der Waals surface area contributed by atoms with Crippen LogP contribution in [0.1, 0.15) is 10.4 Å². The summed E-state index contributed by atoms with van der Waals surface area (Å²) in [4.78, 5) is 10.8. The number of halogens is 2. The normalized spacial score (nSPS) is 10.1. The summed E-state index contributed by atoms with van der Waals surface area (Å²) < 4.78 is 13.4. The van der Waals surface area contributed by atoms with E-state index in [1.165, 1.54) is 6.07 Å². The Kier molecular flexibility index (Phi) is 3.02. The molecule has 1 nitrogen and oxygen atoms in total. The molecule has 0 aliphatic heterocycles. The van der Waals surface area contributed by atoms with Gasteiger partial charge in [0.05, 0.1) is 5.56 Å². The molecule has 0 aromatic heterocycles. The molecule has 16 heavy (non-hydrogen) atoms. The molecule has 0 aliphatic carbocycles. The third-order valence-electron chi connectivity index (χ3n) is 2.31. The van der Waals surface area contributed by atoms with Crippen molar-refractivity contribution < 1.29 is 9.18 Å². The third kappa shape index (κ3) is 1.97. The van der Waals surface area contributed by atoms with Crippen molar-refractivity contribution in [3.05, 3.63) is 58.9 Å². The van der Waals surface area contributed by atoms with E-state index in [-0.39, 0.29) is 5.56 Å². The van der Waals surface area contributed by atoms with Gasteiger partial charge in [0.15, 0.2) is 6.29 Å². The van der Waals surface area contributed by atoms with Gasteiger partial charge in [-0.05, 0) is 29.3 Å². The van der Waals surface area contributed by atoms with Gasteiger partial charge >= 0.3 is 0 Å². The van der Waals surface area contributed by atoms with Gasteiger partial charge in [0.1, 0.15) is 5.82 Å². The number of carbonyl (C=O) groups excluding carboxylic acids is 1. The molecule has 2 aromatic rings. The number of benzene rings is 2. The summed E-state index contributed by atoms with van der Waals surface area (Å²) in [6.45, 7) is 0. The van der Waals surface area contributed by atoms with Crippen molar-refractivity contribution in [3.8, 4) is 11.1 Å². The van der Waals surface area contributed by atoms with E-state index >= 15 is 0 Å². The van der Waals surface area contributed by atoms with Crippen LogP contribution < -0.4 is 0 Å². The van der Waals surface area contributed by atoms with Crippen LogP contribution in [0.4, 0.5) is 4.39 Å². The van der Waals surface area contributed by atoms with Crippen molar-refractivity contribution in [2.75, 3.05) is 0 Å². The minimum Gasteiger partial charge on any atom is -0.298 e. The molecule has 0 aliphatic rings. The first-order valence-electron chi connectivity index (χ1n) is 4.72. The average molecular weight is 235 g/mol. The summed E-state index contributed by atoms with van der Waals surface area (Å²) in [5.41, 5.74) is 1.34. The number of hydrogen-bond acceptors (Lipinski definition) is 1. The molecule has 0 saturated heterocycles. The first kappa shape index (κ1) is 10.8. The Balaban J connectivity index is 2.64. The molecule has 0 bridgehead atoms. The van der Waals surface area contributed by atoms with Crippen molar-refractivity contribution >= 4 is 17.9 Å². The van der Waals surface area contributed by atoms with Gasteiger partial charge in [-0.2, -0.15) is 0 Å². The van der Waals surface area contributed by atoms with Gasteiger partial charge in [-0.15, -0.1) is 0 Å². The summed E-state index contributed by atoms with van der Waals surface area (Å²) >= 11 is 5.85. The van der Waals surface area contributed by atoms with E-state index in [4.69, 9.17) is 11.6 Å². The van der Waals surface area contributed by atoms with Crippen molar-refractivity contribution in [1.29, 1.82) is 0 Å². The second-order valence-corrected chi connectivity index (χ2v) is 3.77. The highest BCUT2D eigenvalue weighted by molar-refractivity contribution is 6.30. The zero-order valence-corrected chi connectivity index (χ0v) is 9.04. The summed E-state index contributed by atoms with van der Waals surface area (Å²) in [7, 11) is 0. The molecular formula is C13H8ClFO. The van der Waals surface area contributed by atoms with Crippen LogP contribution in [0.5, 0.6) is 0 Å². The highest BCUT2D eigenvalue weighted by atomic mass is 35.5. The largest absolute Gasteiger partial charge is 0.298 e. The predicted octanol–water partition coefficient (Wildman–Crippen LogP) is 3.96. The molecule has 0 radical (unpaired) electrons. The maximum absolute atomic E-state index is 13.4. The van der Waals surface area contributed by atoms with Crippen LogP contribution in [-0.4, -0.2) is 6.29 Å². The van der Waals surface area contributed by atoms with E-state index < -0.39 is 5.82 Å². The monoisotopic (exact) mass is 234 g/mol. The predicted molar refractivity (Wildman–Crippen MR) is 62.2 cm³/mol. The number of carbonyl (C=O) groups is 1. The van der Waals surface area contributed by atoms with Crippen LogP contribution in [0.25, 0.3) is 11.1 Å². The summed E-state index contributed by atoms with van der Waals surface area (Å²) in [5, 5.41) is 0.554. The fourth-order valence-corrected chi connectivity index (χ4v) is 1.75. The maximum atomic E-state index is 13.4. The van der Waals surface area contributed by atoms with Gasteiger partial charge in [-0.1, -0.05) is 35.9 Å². The van der Waals surface area contributed by atoms with Gasteiger partial charge < -0.3 is 0 Å². The molecule has 0 amide bonds. The molecule has 0 N–H and O–H groups in total. The Bertz CT molecular complexity index is 537. The van der Waals surface area contributed by atoms with Crippen LogP contribution in [0.2, 0.25) is 5.02 Å². The van der Waals surface area contributed by atoms with E-state index in [0.29, 0.717) is 16.9 Å². The second-order valence-electron chi connectivity index (χ2n) is 3.33. The summed E-state index contributed by atoms with van der Waals surface area (Å²) in [5.74, 6) is -0.521. The minimum absolute atomic E-state index is 0.0600. The minimum atomic E-state index is -0.521. The quantitative estimate of drug-likeness (QED) is 0.719. The Morgan fingerprint density at radius 3 is 2.56 bits per heavy atom. The second kappa shape index (κ2) is 4.45. The van der Waals surface area contributed by atoms with Gasteiger partial charge in [-0.25, -0.2) is 4.39 Å². The molecule has 0 atom stereocenters. The van der Waals surface area contributed by atoms with Gasteiger partial charge in [0.25, 0.3) is 0 Å². The number of hydrogen-bond donors (Lipinski definition) is 0. The molecule has 80 valence electrons. The lowest BCUT2D eigenvalue weighted by Crippen LogP contribution is -1.92. The van der Waals surface area contributed by atoms with Crippen molar-refractivity contribution in [2.45, 2.75) is 0 Å². The van der Waals surface area contributed by atoms with Crippen LogP contribution >= 0.6 is 11.6 Å². The van der Waals surface area contributed by atoms with Gasteiger partial charge in [0.2, 0.25) is 0 Å². The van der Waals surface area contributed by atoms with E-state index in [0.717, 1.165) is 5.56 Å². The Morgan fingerprint density at radius 1 is 1.12 bits per heavy atom. The highest BCUT2D eigenvalue weighted by Gasteiger charge is 2.09. The Hall–Kier alpha value is -1.67. The molecule has 3 heteroatoms. The fraction of sp³-hybridized carbons (Fsp3) is 0. The molecule has 2 rings (SSSR count). The van der Waals surface area contributed by atoms with Crippen LogP contribution in [0, 0.1) is 5.82 Å². The van der Waals surface area contributed by atoms with E-state index in [1.807, 2.05) is 0 Å². The smallest absolute Gasteiger partial charge is 0.153 e. The lowest BCUT2D eigenvalue weighted by atomic mass is 10.0. The standard InChI is InChI=1S/C13H8ClFO/c14-10-4-1-3-9(7-10)11-5-2-6-13(15)12(11)8-16/h1-8H. The van der Waals surface area contributed by atoms with Gasteiger partial charge in [0, 0.05) is 5.02 Å². The van der Waals surface area contributed by atoms with Crippen molar-refractivity contribution in [2.24, 2.45) is 0 Å². The van der Waals surface area contributed by atoms with E-state index in [9.17, 15) is 9.18 Å². The first-order chi connectivity index (χ1) is 7.72. The van der Waals surface area contributed by atoms with Crippen LogP contribution in [0.15, 0.2) is 42.5 Å². The molecule has 0 unspecified atom stereocenters. The summed E-state index contributed by atoms with van der Waals surface area (Å²) in [6.07, 6.45) is 0.519. The lowest BCUT2D eigenvalue weighted by Gasteiger charge is -2.06. The summed E-state index contributed by atoms with van der Waals surface area (Å²) in [6, 6.07) is 11.5. The van der Waals surface area contributed by atoms with Crippen molar-refractivity contribution in [3.63, 3.8) is 0 Å². The Labute approximate surface area is 97.5 Å². The SMILES string of the molecule is O=Cc1c(F)cccc1-c1cccc(Cl)c1. The van der Waals surface area contributed by atoms with E-state index in [2.05, 4.69) is 0 Å². The average Bonchev–Trinajstić information content (AvgIpc) is 2.28. The topological polar surface area (TPSA) is 17.1 Å². The van der Waals surface area contributed by atoms with Crippen LogP contribution in [-0.2, 0) is 0 Å². The van der Waals surface area contributed by atoms with Crippen LogP contribution in [0.3, 0.4) is 0 Å². The molecule has 0 spiro atoms. The van der Waals surface area contributed by atoms with E-state index in [1.54, 1.807) is 36.4 Å². The highest BCUT2D eigenvalue weighted by Crippen LogP contribution is 2.26. The van der Waals surface area contributed by atoms with Gasteiger partial charge in [-0.3, -0.25) is 4.79 Å². The maximum Gasteiger partial charge on any atom is 0.153 e. The van der Waals surface area contributed by atoms with Crippen molar-refractivity contribution in [1.82, 2.24) is 0 Å². The fourth-order valence-electron chi connectivity index (χ4n) is 1.56. The molecule has 0 heterocycles. The zero-order valence-electron chi connectivity index (χ0n) is 8.28. The third-order valence-corrected chi connectivity index (χ3v) is 2.54. The zero-order chi connectivity index (χ0) is 11.5. The molecule has 0 fully saturated rings. The number of aldehydes is 1. The number of rotatable bonds is 2. The first-order valence-corrected chi connectivity index (χ1v) is 5.10. The lowest BCUT2D eigenvalue weighted by molar-refractivity contribution is 0.112. The Morgan fingerprint density at radius 2 is 1.88 bits per heavy atom. The molecule has 0 saturated carbocycles.